The number of hydrogen-bond acceptors (Lipinski definition) is 5. The Balaban J connectivity index is 2.79. The maximum absolute atomic E-state index is 13.3. The zero-order valence-corrected chi connectivity index (χ0v) is 33.7. The van der Waals surface area contributed by atoms with E-state index in [2.05, 4.69) is 44.1 Å². The van der Waals surface area contributed by atoms with Crippen molar-refractivity contribution in [1.82, 2.24) is 5.32 Å². The molecule has 0 fully saturated rings. The molecule has 0 aromatic heterocycles. The molecule has 7 N–H and O–H groups in total. The van der Waals surface area contributed by atoms with Crippen molar-refractivity contribution in [3.05, 3.63) is 71.7 Å². The van der Waals surface area contributed by atoms with Gasteiger partial charge < -0.3 is 21.5 Å². The Kier molecular flexibility index (Phi) is 13.0. The molecule has 1 aliphatic heterocycles. The summed E-state index contributed by atoms with van der Waals surface area (Å²) in [6.07, 6.45) is 5.35. The maximum atomic E-state index is 13.3. The van der Waals surface area contributed by atoms with Crippen molar-refractivity contribution >= 4 is 68.1 Å². The second-order valence-corrected chi connectivity index (χ2v) is 17.4. The Bertz CT molecular complexity index is 1880. The third kappa shape index (κ3) is 8.70. The van der Waals surface area contributed by atoms with Crippen LogP contribution in [0.15, 0.2) is 28.2 Å². The number of rotatable bonds is 12. The highest BCUT2D eigenvalue weighted by Crippen LogP contribution is 2.50. The average molecular weight is 772 g/mol. The summed E-state index contributed by atoms with van der Waals surface area (Å²) in [7, 11) is -3.45. The van der Waals surface area contributed by atoms with E-state index < -0.39 is 38.1 Å². The first-order chi connectivity index (χ1) is 22.9. The summed E-state index contributed by atoms with van der Waals surface area (Å²) in [4.78, 5) is 26.0. The van der Waals surface area contributed by atoms with Crippen LogP contribution in [0.5, 0.6) is 0 Å². The van der Waals surface area contributed by atoms with Crippen molar-refractivity contribution in [2.24, 2.45) is 5.92 Å². The van der Waals surface area contributed by atoms with Gasteiger partial charge in [0.1, 0.15) is 4.90 Å². The molecular formula is C37H51Cl3N3O6S+. The quantitative estimate of drug-likeness (QED) is 0.0818. The van der Waals surface area contributed by atoms with Crippen molar-refractivity contribution in [2.75, 3.05) is 12.4 Å². The fraction of sp³-hybridized carbons (Fsp3) is 0.514. The van der Waals surface area contributed by atoms with E-state index in [4.69, 9.17) is 34.8 Å². The molecule has 276 valence electrons. The van der Waals surface area contributed by atoms with Crippen molar-refractivity contribution in [1.29, 1.82) is 0 Å². The van der Waals surface area contributed by atoms with Gasteiger partial charge in [0.15, 0.2) is 0 Å². The van der Waals surface area contributed by atoms with Crippen LogP contribution in [-0.4, -0.2) is 48.1 Å². The van der Waals surface area contributed by atoms with Crippen molar-refractivity contribution in [3.8, 4) is 0 Å². The van der Waals surface area contributed by atoms with Crippen molar-refractivity contribution < 1.29 is 33.4 Å². The molecule has 0 spiro atoms. The lowest BCUT2D eigenvalue weighted by atomic mass is 9.78. The topological polar surface area (TPSA) is 160 Å². The highest BCUT2D eigenvalue weighted by molar-refractivity contribution is 7.86. The van der Waals surface area contributed by atoms with E-state index in [-0.39, 0.29) is 60.3 Å². The molecule has 3 rings (SSSR count). The third-order valence-electron chi connectivity index (χ3n) is 9.23. The summed E-state index contributed by atoms with van der Waals surface area (Å²) in [5.41, 5.74) is 6.23. The van der Waals surface area contributed by atoms with Gasteiger partial charge in [-0.15, -0.1) is 0 Å². The lowest BCUT2D eigenvalue weighted by Gasteiger charge is -2.39. The number of benzene rings is 2. The Labute approximate surface area is 311 Å². The van der Waals surface area contributed by atoms with Gasteiger partial charge in [0.2, 0.25) is 0 Å². The van der Waals surface area contributed by atoms with Crippen LogP contribution in [0.2, 0.25) is 15.1 Å². The van der Waals surface area contributed by atoms with Gasteiger partial charge in [-0.3, -0.25) is 9.35 Å². The molecule has 2 unspecified atom stereocenters. The monoisotopic (exact) mass is 770 g/mol. The third-order valence-corrected chi connectivity index (χ3v) is 11.5. The number of carboxylic acids is 1. The highest BCUT2D eigenvalue weighted by Gasteiger charge is 2.38. The second-order valence-electron chi connectivity index (χ2n) is 14.9. The Morgan fingerprint density at radius 3 is 2.20 bits per heavy atom. The van der Waals surface area contributed by atoms with Crippen LogP contribution in [0, 0.1) is 12.8 Å². The predicted molar refractivity (Wildman–Crippen MR) is 204 cm³/mol. The number of anilines is 1. The molecule has 2 aromatic rings. The van der Waals surface area contributed by atoms with Crippen LogP contribution >= 0.6 is 34.8 Å². The largest absolute Gasteiger partial charge is 0.478 e. The first kappa shape index (κ1) is 41.8. The molecule has 1 heterocycles. The number of aromatic carboxylic acids is 1. The Morgan fingerprint density at radius 1 is 1.14 bits per heavy atom. The number of halogens is 3. The van der Waals surface area contributed by atoms with Gasteiger partial charge in [-0.1, -0.05) is 80.6 Å². The number of amides is 1. The van der Waals surface area contributed by atoms with Crippen LogP contribution in [-0.2, 0) is 10.1 Å². The maximum Gasteiger partial charge on any atom is 0.337 e. The van der Waals surface area contributed by atoms with Gasteiger partial charge in [-0.25, -0.2) is 4.79 Å². The fourth-order valence-electron chi connectivity index (χ4n) is 7.31. The summed E-state index contributed by atoms with van der Waals surface area (Å²) < 4.78 is 37.3. The van der Waals surface area contributed by atoms with Crippen LogP contribution in [0.4, 0.5) is 5.69 Å². The lowest BCUT2D eigenvalue weighted by molar-refractivity contribution is -0.468. The molecule has 1 amide bonds. The smallest absolute Gasteiger partial charge is 0.337 e. The molecule has 0 radical (unpaired) electrons. The second kappa shape index (κ2) is 15.6. The number of nitrogens with one attached hydrogen (secondary N) is 2. The van der Waals surface area contributed by atoms with Gasteiger partial charge in [-0.2, -0.15) is 8.42 Å². The van der Waals surface area contributed by atoms with Gasteiger partial charge in [0, 0.05) is 24.6 Å². The minimum atomic E-state index is -4.83. The molecule has 0 bridgehead atoms. The summed E-state index contributed by atoms with van der Waals surface area (Å²) in [5, 5.41) is 15.5. The summed E-state index contributed by atoms with van der Waals surface area (Å²) >= 11 is 20.3. The van der Waals surface area contributed by atoms with Gasteiger partial charge >= 0.3 is 5.97 Å². The molecule has 0 aliphatic carbocycles. The molecule has 13 heteroatoms. The zero-order valence-electron chi connectivity index (χ0n) is 30.6. The van der Waals surface area contributed by atoms with E-state index in [0.29, 0.717) is 29.5 Å². The van der Waals surface area contributed by atoms with E-state index in [1.165, 1.54) is 7.05 Å². The first-order valence-corrected chi connectivity index (χ1v) is 19.4. The van der Waals surface area contributed by atoms with Gasteiger partial charge in [0.25, 0.3) is 16.0 Å². The van der Waals surface area contributed by atoms with E-state index in [1.54, 1.807) is 6.92 Å². The standard InChI is InChI=1S/C37H50Cl3N3O6S/c1-11-13-22(18(3)16-36(6,7)41)14-21(12-2)25(26-27(35(45)46)30(39)31(40)28(29(26)38)34(44)42-10)24-15-23-19(4)17-37(8,9)43-32(23)33(20(24)5)50(47,48)49/h14-15,18-19,43H,11-13,16-17,41H2,1-10H3,(H,42,44)(H,45,46)(H,47,48,49)/p+1. The van der Waals surface area contributed by atoms with Crippen molar-refractivity contribution in [3.63, 3.8) is 0 Å². The molecular weight excluding hydrogens is 721 g/mol. The number of quaternary nitrogens is 1. The predicted octanol–water partition coefficient (Wildman–Crippen LogP) is 8.94. The van der Waals surface area contributed by atoms with Crippen molar-refractivity contribution in [2.45, 2.75) is 116 Å². The average Bonchev–Trinajstić information content (AvgIpc) is 2.96. The van der Waals surface area contributed by atoms with Gasteiger partial charge in [0.05, 0.1) is 37.4 Å². The minimum Gasteiger partial charge on any atom is -0.478 e. The number of carbonyl (C=O) groups is 2. The minimum absolute atomic E-state index is 0.0812. The molecule has 50 heavy (non-hydrogen) atoms. The zero-order chi connectivity index (χ0) is 38.3. The number of fused-ring (bicyclic) bond motifs is 1. The van der Waals surface area contributed by atoms with Crippen LogP contribution in [0.1, 0.15) is 136 Å². The van der Waals surface area contributed by atoms with Crippen LogP contribution in [0.25, 0.3) is 5.57 Å². The van der Waals surface area contributed by atoms with E-state index in [1.807, 2.05) is 39.8 Å². The fourth-order valence-corrected chi connectivity index (χ4v) is 9.20. The Morgan fingerprint density at radius 2 is 1.72 bits per heavy atom. The van der Waals surface area contributed by atoms with E-state index in [0.717, 1.165) is 24.8 Å². The van der Waals surface area contributed by atoms with Crippen LogP contribution < -0.4 is 16.4 Å². The lowest BCUT2D eigenvalue weighted by Crippen LogP contribution is -2.69. The number of carboxylic acid groups (broad SMARTS) is 1. The summed E-state index contributed by atoms with van der Waals surface area (Å²) in [6, 6.07) is 1.83. The van der Waals surface area contributed by atoms with E-state index >= 15 is 0 Å². The number of hydrogen-bond donors (Lipinski definition) is 5. The molecule has 2 atom stereocenters. The molecule has 9 nitrogen and oxygen atoms in total. The van der Waals surface area contributed by atoms with E-state index in [9.17, 15) is 27.7 Å². The molecule has 2 aromatic carbocycles. The molecule has 0 saturated carbocycles. The number of carbonyl (C=O) groups excluding carboxylic acids is 1. The summed E-state index contributed by atoms with van der Waals surface area (Å²) in [5.74, 6) is -2.22. The normalized spacial score (nSPS) is 17.4. The molecule has 0 saturated heterocycles. The summed E-state index contributed by atoms with van der Waals surface area (Å²) in [6.45, 7) is 17.7. The number of allylic oxidation sites excluding steroid dienone is 3. The SMILES string of the molecule is CCCC(=CC(CC)=C(c1cc2c(c(S(=O)(=O)O)c1C)NC(C)(C)CC2C)c1c(Cl)c(C(=O)NC)c(Cl)c(Cl)c1C(=O)O)C(C)CC(C)(C)[NH3+]. The Hall–Kier alpha value is -2.60. The molecule has 1 aliphatic rings. The first-order valence-electron chi connectivity index (χ1n) is 16.8. The highest BCUT2D eigenvalue weighted by atomic mass is 35.5. The van der Waals surface area contributed by atoms with Gasteiger partial charge in [-0.05, 0) is 99.6 Å². The van der Waals surface area contributed by atoms with Crippen LogP contribution in [0.3, 0.4) is 0 Å².